The van der Waals surface area contributed by atoms with E-state index < -0.39 is 23.7 Å². The zero-order valence-electron chi connectivity index (χ0n) is 13.9. The highest BCUT2D eigenvalue weighted by molar-refractivity contribution is 6.39. The number of rotatable bonds is 6. The molecule has 2 unspecified atom stereocenters. The third-order valence-corrected chi connectivity index (χ3v) is 3.73. The van der Waals surface area contributed by atoms with Crippen molar-refractivity contribution in [3.8, 4) is 0 Å². The summed E-state index contributed by atoms with van der Waals surface area (Å²) in [6.07, 6.45) is -0.103. The van der Waals surface area contributed by atoms with Crippen molar-refractivity contribution < 1.29 is 19.1 Å². The van der Waals surface area contributed by atoms with Crippen molar-refractivity contribution in [3.05, 3.63) is 66.0 Å². The minimum absolute atomic E-state index is 0.0498. The van der Waals surface area contributed by atoms with E-state index in [1.54, 1.807) is 13.0 Å². The molecule has 0 aliphatic rings. The summed E-state index contributed by atoms with van der Waals surface area (Å²) < 4.78 is 13.5. The zero-order valence-corrected chi connectivity index (χ0v) is 13.9. The molecule has 25 heavy (non-hydrogen) atoms. The van der Waals surface area contributed by atoms with E-state index in [4.69, 9.17) is 0 Å². The van der Waals surface area contributed by atoms with Gasteiger partial charge in [-0.2, -0.15) is 0 Å². The first-order valence-electron chi connectivity index (χ1n) is 8.04. The highest BCUT2D eigenvalue weighted by Gasteiger charge is 2.19. The third-order valence-electron chi connectivity index (χ3n) is 3.73. The number of nitrogens with one attached hydrogen (secondary N) is 2. The molecule has 2 rings (SSSR count). The summed E-state index contributed by atoms with van der Waals surface area (Å²) in [6, 6.07) is 15.0. The summed E-state index contributed by atoms with van der Waals surface area (Å²) in [4.78, 5) is 23.9. The van der Waals surface area contributed by atoms with E-state index in [0.29, 0.717) is 6.42 Å². The molecule has 6 heteroatoms. The van der Waals surface area contributed by atoms with E-state index in [9.17, 15) is 19.1 Å². The van der Waals surface area contributed by atoms with Gasteiger partial charge in [-0.25, -0.2) is 4.39 Å². The Kier molecular flexibility index (Phi) is 6.65. The predicted octanol–water partition coefficient (Wildman–Crippen LogP) is 2.44. The first-order valence-corrected chi connectivity index (χ1v) is 8.04. The maximum atomic E-state index is 13.5. The molecule has 2 amide bonds. The van der Waals surface area contributed by atoms with Gasteiger partial charge in [0.2, 0.25) is 0 Å². The van der Waals surface area contributed by atoms with Crippen LogP contribution >= 0.6 is 0 Å². The maximum absolute atomic E-state index is 13.5. The van der Waals surface area contributed by atoms with E-state index in [2.05, 4.69) is 10.6 Å². The fraction of sp³-hybridized carbons (Fsp3) is 0.263. The lowest BCUT2D eigenvalue weighted by molar-refractivity contribution is -0.136. The number of carbonyl (C=O) groups is 2. The molecule has 3 N–H and O–H groups in total. The highest BCUT2D eigenvalue weighted by Crippen LogP contribution is 2.20. The lowest BCUT2D eigenvalue weighted by Gasteiger charge is -2.19. The van der Waals surface area contributed by atoms with Crippen molar-refractivity contribution in [1.29, 1.82) is 0 Å². The van der Waals surface area contributed by atoms with Crippen LogP contribution in [-0.2, 0) is 9.59 Å². The van der Waals surface area contributed by atoms with Gasteiger partial charge >= 0.3 is 11.8 Å². The van der Waals surface area contributed by atoms with Crippen LogP contribution in [0.5, 0.6) is 0 Å². The van der Waals surface area contributed by atoms with Gasteiger partial charge in [0.1, 0.15) is 5.82 Å². The van der Waals surface area contributed by atoms with Crippen molar-refractivity contribution in [3.63, 3.8) is 0 Å². The Morgan fingerprint density at radius 3 is 2.32 bits per heavy atom. The van der Waals surface area contributed by atoms with Gasteiger partial charge in [-0.1, -0.05) is 42.5 Å². The number of aliphatic hydroxyl groups is 1. The molecule has 0 aromatic heterocycles. The van der Waals surface area contributed by atoms with Gasteiger partial charge in [0.25, 0.3) is 0 Å². The van der Waals surface area contributed by atoms with Crippen LogP contribution in [-0.4, -0.2) is 29.6 Å². The Balaban J connectivity index is 1.96. The summed E-state index contributed by atoms with van der Waals surface area (Å²) in [5.74, 6) is -2.53. The second kappa shape index (κ2) is 8.94. The molecule has 2 aromatic carbocycles. The van der Waals surface area contributed by atoms with Crippen molar-refractivity contribution in [2.24, 2.45) is 0 Å². The van der Waals surface area contributed by atoms with Gasteiger partial charge in [0.05, 0.1) is 11.8 Å². The van der Waals surface area contributed by atoms with E-state index in [0.717, 1.165) is 5.56 Å². The standard InChI is InChI=1S/C19H21FN2O3/c1-13(23)11-15(14-7-3-2-4-8-14)12-21-18(24)19(25)22-17-10-6-5-9-16(17)20/h2-10,13,15,23H,11-12H2,1H3,(H,21,24)(H,22,25). The topological polar surface area (TPSA) is 78.4 Å². The molecule has 0 spiro atoms. The molecule has 0 aliphatic carbocycles. The van der Waals surface area contributed by atoms with Crippen LogP contribution in [0.3, 0.4) is 0 Å². The summed E-state index contributed by atoms with van der Waals surface area (Å²) in [7, 11) is 0. The molecular weight excluding hydrogens is 323 g/mol. The number of hydrogen-bond acceptors (Lipinski definition) is 3. The highest BCUT2D eigenvalue weighted by atomic mass is 19.1. The Hall–Kier alpha value is -2.73. The molecule has 0 bridgehead atoms. The van der Waals surface area contributed by atoms with Crippen LogP contribution in [0, 0.1) is 5.82 Å². The largest absolute Gasteiger partial charge is 0.393 e. The molecule has 0 radical (unpaired) electrons. The molecule has 2 aromatic rings. The van der Waals surface area contributed by atoms with Crippen LogP contribution in [0.2, 0.25) is 0 Å². The minimum atomic E-state index is -0.936. The normalized spacial score (nSPS) is 12.9. The number of amides is 2. The average Bonchev–Trinajstić information content (AvgIpc) is 2.60. The fourth-order valence-electron chi connectivity index (χ4n) is 2.51. The van der Waals surface area contributed by atoms with Crippen molar-refractivity contribution in [2.45, 2.75) is 25.4 Å². The minimum Gasteiger partial charge on any atom is -0.393 e. The Morgan fingerprint density at radius 1 is 1.04 bits per heavy atom. The number of para-hydroxylation sites is 1. The lowest BCUT2D eigenvalue weighted by Crippen LogP contribution is -2.38. The van der Waals surface area contributed by atoms with Gasteiger partial charge in [-0.15, -0.1) is 0 Å². The lowest BCUT2D eigenvalue weighted by atomic mass is 9.93. The third kappa shape index (κ3) is 5.69. The van der Waals surface area contributed by atoms with E-state index in [-0.39, 0.29) is 18.2 Å². The van der Waals surface area contributed by atoms with E-state index >= 15 is 0 Å². The molecule has 0 heterocycles. The van der Waals surface area contributed by atoms with Crippen LogP contribution < -0.4 is 10.6 Å². The predicted molar refractivity (Wildman–Crippen MR) is 93.5 cm³/mol. The van der Waals surface area contributed by atoms with Crippen molar-refractivity contribution in [2.75, 3.05) is 11.9 Å². The maximum Gasteiger partial charge on any atom is 0.313 e. The molecule has 0 saturated carbocycles. The quantitative estimate of drug-likeness (QED) is 0.704. The van der Waals surface area contributed by atoms with Gasteiger partial charge < -0.3 is 15.7 Å². The molecule has 132 valence electrons. The average molecular weight is 344 g/mol. The molecular formula is C19H21FN2O3. The first kappa shape index (κ1) is 18.6. The van der Waals surface area contributed by atoms with Crippen LogP contribution in [0.1, 0.15) is 24.8 Å². The van der Waals surface area contributed by atoms with E-state index in [1.165, 1.54) is 18.2 Å². The number of carbonyl (C=O) groups excluding carboxylic acids is 2. The number of benzene rings is 2. The fourth-order valence-corrected chi connectivity index (χ4v) is 2.51. The molecule has 5 nitrogen and oxygen atoms in total. The summed E-state index contributed by atoms with van der Waals surface area (Å²) in [5.41, 5.74) is 0.907. The smallest absolute Gasteiger partial charge is 0.313 e. The van der Waals surface area contributed by atoms with Crippen molar-refractivity contribution >= 4 is 17.5 Å². The first-order chi connectivity index (χ1) is 12.0. The monoisotopic (exact) mass is 344 g/mol. The van der Waals surface area contributed by atoms with E-state index in [1.807, 2.05) is 30.3 Å². The van der Waals surface area contributed by atoms with Gasteiger partial charge in [0.15, 0.2) is 0 Å². The number of hydrogen-bond donors (Lipinski definition) is 3. The zero-order chi connectivity index (χ0) is 18.2. The molecule has 0 fully saturated rings. The Labute approximate surface area is 145 Å². The van der Waals surface area contributed by atoms with Crippen LogP contribution in [0.4, 0.5) is 10.1 Å². The molecule has 0 aliphatic heterocycles. The SMILES string of the molecule is CC(O)CC(CNC(=O)C(=O)Nc1ccccc1F)c1ccccc1. The van der Waals surface area contributed by atoms with Crippen LogP contribution in [0.25, 0.3) is 0 Å². The summed E-state index contributed by atoms with van der Waals surface area (Å²) in [5, 5.41) is 14.4. The second-order valence-corrected chi connectivity index (χ2v) is 5.84. The van der Waals surface area contributed by atoms with Gasteiger partial charge in [-0.05, 0) is 31.0 Å². The number of anilines is 1. The number of halogens is 1. The molecule has 2 atom stereocenters. The van der Waals surface area contributed by atoms with Crippen LogP contribution in [0.15, 0.2) is 54.6 Å². The Bertz CT molecular complexity index is 720. The van der Waals surface area contributed by atoms with Gasteiger partial charge in [-0.3, -0.25) is 9.59 Å². The molecule has 0 saturated heterocycles. The summed E-state index contributed by atoms with van der Waals surface area (Å²) >= 11 is 0. The summed E-state index contributed by atoms with van der Waals surface area (Å²) in [6.45, 7) is 1.86. The Morgan fingerprint density at radius 2 is 1.68 bits per heavy atom. The van der Waals surface area contributed by atoms with Gasteiger partial charge in [0, 0.05) is 12.5 Å². The number of aliphatic hydroxyl groups excluding tert-OH is 1. The van der Waals surface area contributed by atoms with Crippen molar-refractivity contribution in [1.82, 2.24) is 5.32 Å². The second-order valence-electron chi connectivity index (χ2n) is 5.84.